The SMILES string of the molecule is CC(C)C(CN)CN1CCCC(C)(C)C1. The van der Waals surface area contributed by atoms with E-state index >= 15 is 0 Å². The molecule has 2 heteroatoms. The normalized spacial score (nSPS) is 24.4. The van der Waals surface area contributed by atoms with Gasteiger partial charge in [0.1, 0.15) is 0 Å². The topological polar surface area (TPSA) is 29.3 Å². The van der Waals surface area contributed by atoms with Crippen LogP contribution in [0.2, 0.25) is 0 Å². The fourth-order valence-corrected chi connectivity index (χ4v) is 2.59. The first kappa shape index (κ1) is 13.0. The van der Waals surface area contributed by atoms with Gasteiger partial charge in [0, 0.05) is 13.1 Å². The highest BCUT2D eigenvalue weighted by molar-refractivity contribution is 4.81. The molecule has 0 saturated carbocycles. The Bertz CT molecular complexity index is 187. The van der Waals surface area contributed by atoms with Crippen LogP contribution in [0.25, 0.3) is 0 Å². The predicted molar refractivity (Wildman–Crippen MR) is 66.8 cm³/mol. The van der Waals surface area contributed by atoms with Crippen LogP contribution in [0.1, 0.15) is 40.5 Å². The average Bonchev–Trinajstić information content (AvgIpc) is 2.12. The fraction of sp³-hybridized carbons (Fsp3) is 1.00. The van der Waals surface area contributed by atoms with Crippen molar-refractivity contribution >= 4 is 0 Å². The lowest BCUT2D eigenvalue weighted by Crippen LogP contribution is -2.44. The van der Waals surface area contributed by atoms with E-state index in [0.29, 0.717) is 17.3 Å². The first-order chi connectivity index (χ1) is 6.94. The largest absolute Gasteiger partial charge is 0.330 e. The van der Waals surface area contributed by atoms with E-state index in [4.69, 9.17) is 5.73 Å². The van der Waals surface area contributed by atoms with Crippen molar-refractivity contribution in [2.24, 2.45) is 23.0 Å². The van der Waals surface area contributed by atoms with E-state index in [-0.39, 0.29) is 0 Å². The second-order valence-corrected chi connectivity index (χ2v) is 6.24. The molecule has 1 unspecified atom stereocenters. The molecule has 0 spiro atoms. The van der Waals surface area contributed by atoms with Gasteiger partial charge in [0.2, 0.25) is 0 Å². The molecule has 0 radical (unpaired) electrons. The quantitative estimate of drug-likeness (QED) is 0.775. The molecule has 1 heterocycles. The molecule has 0 aliphatic carbocycles. The van der Waals surface area contributed by atoms with Gasteiger partial charge in [-0.05, 0) is 43.2 Å². The van der Waals surface area contributed by atoms with Gasteiger partial charge in [-0.25, -0.2) is 0 Å². The summed E-state index contributed by atoms with van der Waals surface area (Å²) >= 11 is 0. The number of hydrogen-bond acceptors (Lipinski definition) is 2. The highest BCUT2D eigenvalue weighted by atomic mass is 15.1. The highest BCUT2D eigenvalue weighted by Gasteiger charge is 2.27. The van der Waals surface area contributed by atoms with Crippen LogP contribution < -0.4 is 5.73 Å². The third-order valence-corrected chi connectivity index (χ3v) is 3.72. The molecule has 1 rings (SSSR count). The molecule has 1 saturated heterocycles. The number of likely N-dealkylation sites (tertiary alicyclic amines) is 1. The summed E-state index contributed by atoms with van der Waals surface area (Å²) in [6.07, 6.45) is 2.72. The smallest absolute Gasteiger partial charge is 0.00328 e. The number of hydrogen-bond donors (Lipinski definition) is 1. The number of piperidine rings is 1. The van der Waals surface area contributed by atoms with Gasteiger partial charge >= 0.3 is 0 Å². The van der Waals surface area contributed by atoms with Crippen LogP contribution >= 0.6 is 0 Å². The van der Waals surface area contributed by atoms with Crippen LogP contribution in [0, 0.1) is 17.3 Å². The lowest BCUT2D eigenvalue weighted by atomic mass is 9.83. The fourth-order valence-electron chi connectivity index (χ4n) is 2.59. The van der Waals surface area contributed by atoms with E-state index in [9.17, 15) is 0 Å². The molecule has 1 aliphatic heterocycles. The van der Waals surface area contributed by atoms with E-state index in [1.807, 2.05) is 0 Å². The number of nitrogens with two attached hydrogens (primary N) is 1. The van der Waals surface area contributed by atoms with E-state index < -0.39 is 0 Å². The predicted octanol–water partition coefficient (Wildman–Crippen LogP) is 2.34. The van der Waals surface area contributed by atoms with Gasteiger partial charge in [-0.15, -0.1) is 0 Å². The van der Waals surface area contributed by atoms with E-state index in [1.165, 1.54) is 32.5 Å². The van der Waals surface area contributed by atoms with E-state index in [2.05, 4.69) is 32.6 Å². The second-order valence-electron chi connectivity index (χ2n) is 6.24. The minimum absolute atomic E-state index is 0.508. The number of rotatable bonds is 4. The molecule has 0 aromatic rings. The molecule has 0 bridgehead atoms. The van der Waals surface area contributed by atoms with Crippen molar-refractivity contribution in [3.8, 4) is 0 Å². The Labute approximate surface area is 95.2 Å². The van der Waals surface area contributed by atoms with Crippen LogP contribution in [0.5, 0.6) is 0 Å². The summed E-state index contributed by atoms with van der Waals surface area (Å²) in [5.41, 5.74) is 6.34. The van der Waals surface area contributed by atoms with Crippen molar-refractivity contribution in [1.29, 1.82) is 0 Å². The molecule has 1 atom stereocenters. The van der Waals surface area contributed by atoms with Crippen LogP contribution in [-0.4, -0.2) is 31.1 Å². The van der Waals surface area contributed by atoms with Crippen molar-refractivity contribution < 1.29 is 0 Å². The zero-order chi connectivity index (χ0) is 11.5. The standard InChI is InChI=1S/C13H28N2/c1-11(2)12(8-14)9-15-7-5-6-13(3,4)10-15/h11-12H,5-10,14H2,1-4H3. The Morgan fingerprint density at radius 3 is 2.47 bits per heavy atom. The molecule has 0 aromatic carbocycles. The maximum Gasteiger partial charge on any atom is 0.00328 e. The Hall–Kier alpha value is -0.0800. The van der Waals surface area contributed by atoms with Gasteiger partial charge in [-0.2, -0.15) is 0 Å². The maximum absolute atomic E-state index is 5.83. The van der Waals surface area contributed by atoms with Crippen LogP contribution in [0.15, 0.2) is 0 Å². The van der Waals surface area contributed by atoms with Gasteiger partial charge in [0.15, 0.2) is 0 Å². The zero-order valence-corrected chi connectivity index (χ0v) is 10.9. The average molecular weight is 212 g/mol. The monoisotopic (exact) mass is 212 g/mol. The van der Waals surface area contributed by atoms with Crippen molar-refractivity contribution in [3.05, 3.63) is 0 Å². The van der Waals surface area contributed by atoms with Gasteiger partial charge in [-0.3, -0.25) is 0 Å². The minimum atomic E-state index is 0.508. The third kappa shape index (κ3) is 4.12. The third-order valence-electron chi connectivity index (χ3n) is 3.72. The molecule has 1 fully saturated rings. The molecule has 0 amide bonds. The molecule has 0 aromatic heterocycles. The summed E-state index contributed by atoms with van der Waals surface area (Å²) in [6, 6.07) is 0. The van der Waals surface area contributed by atoms with Crippen LogP contribution in [0.3, 0.4) is 0 Å². The molecule has 90 valence electrons. The van der Waals surface area contributed by atoms with Gasteiger partial charge in [-0.1, -0.05) is 27.7 Å². The minimum Gasteiger partial charge on any atom is -0.330 e. The van der Waals surface area contributed by atoms with E-state index in [1.54, 1.807) is 0 Å². The Kier molecular flexibility index (Phi) is 4.60. The lowest BCUT2D eigenvalue weighted by Gasteiger charge is -2.40. The maximum atomic E-state index is 5.83. The Morgan fingerprint density at radius 1 is 1.33 bits per heavy atom. The molecular formula is C13H28N2. The van der Waals surface area contributed by atoms with Crippen molar-refractivity contribution in [2.75, 3.05) is 26.2 Å². The van der Waals surface area contributed by atoms with E-state index in [0.717, 1.165) is 6.54 Å². The molecular weight excluding hydrogens is 184 g/mol. The lowest BCUT2D eigenvalue weighted by molar-refractivity contribution is 0.0944. The number of nitrogens with zero attached hydrogens (tertiary/aromatic N) is 1. The van der Waals surface area contributed by atoms with Crippen molar-refractivity contribution in [1.82, 2.24) is 4.90 Å². The molecule has 2 N–H and O–H groups in total. The summed E-state index contributed by atoms with van der Waals surface area (Å²) in [4.78, 5) is 2.61. The van der Waals surface area contributed by atoms with Gasteiger partial charge < -0.3 is 10.6 Å². The summed E-state index contributed by atoms with van der Waals surface area (Å²) < 4.78 is 0. The first-order valence-electron chi connectivity index (χ1n) is 6.37. The van der Waals surface area contributed by atoms with Crippen molar-refractivity contribution in [3.63, 3.8) is 0 Å². The molecule has 1 aliphatic rings. The first-order valence-corrected chi connectivity index (χ1v) is 6.37. The summed E-state index contributed by atoms with van der Waals surface area (Å²) in [5, 5.41) is 0. The van der Waals surface area contributed by atoms with Crippen LogP contribution in [0.4, 0.5) is 0 Å². The van der Waals surface area contributed by atoms with Crippen molar-refractivity contribution in [2.45, 2.75) is 40.5 Å². The second kappa shape index (κ2) is 5.31. The van der Waals surface area contributed by atoms with Gasteiger partial charge in [0.05, 0.1) is 0 Å². The highest BCUT2D eigenvalue weighted by Crippen LogP contribution is 2.29. The van der Waals surface area contributed by atoms with Gasteiger partial charge in [0.25, 0.3) is 0 Å². The molecule has 2 nitrogen and oxygen atoms in total. The Balaban J connectivity index is 2.43. The summed E-state index contributed by atoms with van der Waals surface area (Å²) in [5.74, 6) is 1.37. The molecule has 15 heavy (non-hydrogen) atoms. The Morgan fingerprint density at radius 2 is 2.00 bits per heavy atom. The zero-order valence-electron chi connectivity index (χ0n) is 10.9. The summed E-state index contributed by atoms with van der Waals surface area (Å²) in [6.45, 7) is 13.9. The summed E-state index contributed by atoms with van der Waals surface area (Å²) in [7, 11) is 0. The van der Waals surface area contributed by atoms with Crippen LogP contribution in [-0.2, 0) is 0 Å².